The first kappa shape index (κ1) is 20.9. The normalized spacial score (nSPS) is 14.4. The molecule has 0 N–H and O–H groups in total. The van der Waals surface area contributed by atoms with Crippen LogP contribution in [0.4, 0.5) is 10.1 Å². The SMILES string of the molecule is CCCCn1c(SCc2ccccc2F)nc2ccc(N3CCOCC3)cc2c1=O. The summed E-state index contributed by atoms with van der Waals surface area (Å²) in [6, 6.07) is 12.6. The molecule has 4 rings (SSSR count). The van der Waals surface area contributed by atoms with Crippen LogP contribution in [0.15, 0.2) is 52.4 Å². The van der Waals surface area contributed by atoms with E-state index in [1.54, 1.807) is 16.7 Å². The van der Waals surface area contributed by atoms with Gasteiger partial charge < -0.3 is 9.64 Å². The van der Waals surface area contributed by atoms with Gasteiger partial charge in [0.25, 0.3) is 5.56 Å². The van der Waals surface area contributed by atoms with E-state index in [1.807, 2.05) is 24.3 Å². The van der Waals surface area contributed by atoms with E-state index in [2.05, 4.69) is 11.8 Å². The highest BCUT2D eigenvalue weighted by Crippen LogP contribution is 2.26. The summed E-state index contributed by atoms with van der Waals surface area (Å²) in [5.41, 5.74) is 2.29. The Morgan fingerprint density at radius 1 is 1.17 bits per heavy atom. The molecule has 0 atom stereocenters. The second-order valence-electron chi connectivity index (χ2n) is 7.39. The number of morpholine rings is 1. The summed E-state index contributed by atoms with van der Waals surface area (Å²) in [6.07, 6.45) is 1.87. The number of rotatable bonds is 7. The summed E-state index contributed by atoms with van der Waals surface area (Å²) in [6.45, 7) is 5.74. The maximum atomic E-state index is 14.0. The summed E-state index contributed by atoms with van der Waals surface area (Å²) in [7, 11) is 0. The standard InChI is InChI=1S/C23H26FN3O2S/c1-2-3-10-27-22(28)19-15-18(26-11-13-29-14-12-26)8-9-21(19)25-23(27)30-16-17-6-4-5-7-20(17)24/h4-9,15H,2-3,10-14,16H2,1H3. The fourth-order valence-corrected chi connectivity index (χ4v) is 4.60. The minimum Gasteiger partial charge on any atom is -0.378 e. The van der Waals surface area contributed by atoms with Gasteiger partial charge in [0, 0.05) is 31.1 Å². The number of anilines is 1. The molecule has 1 aromatic heterocycles. The van der Waals surface area contributed by atoms with Gasteiger partial charge in [-0.25, -0.2) is 9.37 Å². The van der Waals surface area contributed by atoms with Crippen LogP contribution in [0, 0.1) is 5.82 Å². The monoisotopic (exact) mass is 427 g/mol. The highest BCUT2D eigenvalue weighted by Gasteiger charge is 2.16. The lowest BCUT2D eigenvalue weighted by Gasteiger charge is -2.29. The van der Waals surface area contributed by atoms with Crippen molar-refractivity contribution in [2.75, 3.05) is 31.2 Å². The van der Waals surface area contributed by atoms with Gasteiger partial charge in [0.15, 0.2) is 5.16 Å². The van der Waals surface area contributed by atoms with E-state index in [-0.39, 0.29) is 11.4 Å². The van der Waals surface area contributed by atoms with Crippen LogP contribution in [0.2, 0.25) is 0 Å². The molecule has 5 nitrogen and oxygen atoms in total. The Morgan fingerprint density at radius 3 is 2.73 bits per heavy atom. The summed E-state index contributed by atoms with van der Waals surface area (Å²) in [5, 5.41) is 1.27. The molecule has 3 aromatic rings. The number of benzene rings is 2. The van der Waals surface area contributed by atoms with Crippen molar-refractivity contribution in [2.45, 2.75) is 37.2 Å². The van der Waals surface area contributed by atoms with Crippen LogP contribution in [-0.2, 0) is 17.0 Å². The molecule has 0 amide bonds. The van der Waals surface area contributed by atoms with Crippen LogP contribution in [0.1, 0.15) is 25.3 Å². The highest BCUT2D eigenvalue weighted by molar-refractivity contribution is 7.98. The predicted molar refractivity (Wildman–Crippen MR) is 120 cm³/mol. The molecular weight excluding hydrogens is 401 g/mol. The maximum Gasteiger partial charge on any atom is 0.262 e. The van der Waals surface area contributed by atoms with E-state index in [9.17, 15) is 9.18 Å². The molecule has 158 valence electrons. The Balaban J connectivity index is 1.70. The van der Waals surface area contributed by atoms with Crippen LogP contribution in [0.25, 0.3) is 10.9 Å². The molecule has 0 bridgehead atoms. The van der Waals surface area contributed by atoms with Gasteiger partial charge in [-0.2, -0.15) is 0 Å². The molecule has 0 saturated carbocycles. The number of halogens is 1. The molecule has 0 radical (unpaired) electrons. The van der Waals surface area contributed by atoms with Crippen LogP contribution < -0.4 is 10.5 Å². The number of ether oxygens (including phenoxy) is 1. The molecule has 2 aromatic carbocycles. The molecule has 1 aliphatic rings. The predicted octanol–water partition coefficient (Wildman–Crippen LogP) is 4.46. The summed E-state index contributed by atoms with van der Waals surface area (Å²) in [4.78, 5) is 20.4. The van der Waals surface area contributed by atoms with Crippen LogP contribution in [-0.4, -0.2) is 35.9 Å². The quantitative estimate of drug-likeness (QED) is 0.411. The van der Waals surface area contributed by atoms with Crippen molar-refractivity contribution >= 4 is 28.4 Å². The number of hydrogen-bond donors (Lipinski definition) is 0. The number of thioether (sulfide) groups is 1. The third-order valence-corrected chi connectivity index (χ3v) is 6.35. The van der Waals surface area contributed by atoms with Crippen LogP contribution in [0.3, 0.4) is 0 Å². The molecule has 30 heavy (non-hydrogen) atoms. The number of aromatic nitrogens is 2. The lowest BCUT2D eigenvalue weighted by Crippen LogP contribution is -2.36. The summed E-state index contributed by atoms with van der Waals surface area (Å²) in [5.74, 6) is 0.200. The zero-order valence-electron chi connectivity index (χ0n) is 17.1. The molecule has 1 aliphatic heterocycles. The lowest BCUT2D eigenvalue weighted by atomic mass is 10.2. The zero-order chi connectivity index (χ0) is 20.9. The summed E-state index contributed by atoms with van der Waals surface area (Å²) >= 11 is 1.41. The number of fused-ring (bicyclic) bond motifs is 1. The first-order chi connectivity index (χ1) is 14.7. The zero-order valence-corrected chi connectivity index (χ0v) is 18.0. The summed E-state index contributed by atoms with van der Waals surface area (Å²) < 4.78 is 21.2. The Kier molecular flexibility index (Phi) is 6.69. The second-order valence-corrected chi connectivity index (χ2v) is 8.33. The van der Waals surface area contributed by atoms with Crippen molar-refractivity contribution in [3.05, 3.63) is 64.2 Å². The van der Waals surface area contributed by atoms with E-state index in [0.29, 0.717) is 47.1 Å². The fraction of sp³-hybridized carbons (Fsp3) is 0.391. The Bertz CT molecular complexity index is 1080. The third kappa shape index (κ3) is 4.52. The van der Waals surface area contributed by atoms with E-state index in [4.69, 9.17) is 9.72 Å². The number of nitrogens with zero attached hydrogens (tertiary/aromatic N) is 3. The van der Waals surface area contributed by atoms with Gasteiger partial charge in [-0.1, -0.05) is 43.3 Å². The van der Waals surface area contributed by atoms with Crippen LogP contribution in [0.5, 0.6) is 0 Å². The Labute approximate surface area is 179 Å². The van der Waals surface area contributed by atoms with Gasteiger partial charge in [-0.05, 0) is 36.2 Å². The largest absolute Gasteiger partial charge is 0.378 e. The van der Waals surface area contributed by atoms with Crippen molar-refractivity contribution in [1.82, 2.24) is 9.55 Å². The first-order valence-electron chi connectivity index (χ1n) is 10.4. The first-order valence-corrected chi connectivity index (χ1v) is 11.4. The molecule has 0 unspecified atom stereocenters. The van der Waals surface area contributed by atoms with Crippen LogP contribution >= 0.6 is 11.8 Å². The Morgan fingerprint density at radius 2 is 1.97 bits per heavy atom. The van der Waals surface area contributed by atoms with Gasteiger partial charge in [0.05, 0.1) is 24.1 Å². The van der Waals surface area contributed by atoms with Gasteiger partial charge in [-0.3, -0.25) is 9.36 Å². The molecule has 0 aliphatic carbocycles. The fourth-order valence-electron chi connectivity index (χ4n) is 3.59. The van der Waals surface area contributed by atoms with Crippen molar-refractivity contribution in [1.29, 1.82) is 0 Å². The molecule has 7 heteroatoms. The minimum atomic E-state index is -0.233. The highest BCUT2D eigenvalue weighted by atomic mass is 32.2. The number of hydrogen-bond acceptors (Lipinski definition) is 5. The van der Waals surface area contributed by atoms with Gasteiger partial charge in [0.1, 0.15) is 5.82 Å². The Hall–Kier alpha value is -2.38. The van der Waals surface area contributed by atoms with Gasteiger partial charge >= 0.3 is 0 Å². The van der Waals surface area contributed by atoms with Crippen molar-refractivity contribution in [3.63, 3.8) is 0 Å². The molecular formula is C23H26FN3O2S. The molecule has 0 spiro atoms. The topological polar surface area (TPSA) is 47.4 Å². The maximum absolute atomic E-state index is 14.0. The van der Waals surface area contributed by atoms with Crippen molar-refractivity contribution in [2.24, 2.45) is 0 Å². The van der Waals surface area contributed by atoms with Crippen molar-refractivity contribution < 1.29 is 9.13 Å². The third-order valence-electron chi connectivity index (χ3n) is 5.33. The van der Waals surface area contributed by atoms with Crippen molar-refractivity contribution in [3.8, 4) is 0 Å². The van der Waals surface area contributed by atoms with E-state index < -0.39 is 0 Å². The smallest absolute Gasteiger partial charge is 0.262 e. The van der Waals surface area contributed by atoms with E-state index >= 15 is 0 Å². The van der Waals surface area contributed by atoms with E-state index in [1.165, 1.54) is 17.8 Å². The number of unbranched alkanes of at least 4 members (excludes halogenated alkanes) is 1. The average Bonchev–Trinajstić information content (AvgIpc) is 2.78. The molecule has 1 saturated heterocycles. The molecule has 1 fully saturated rings. The second kappa shape index (κ2) is 9.62. The average molecular weight is 428 g/mol. The van der Waals surface area contributed by atoms with E-state index in [0.717, 1.165) is 31.6 Å². The minimum absolute atomic E-state index is 0.0282. The van der Waals surface area contributed by atoms with Gasteiger partial charge in [-0.15, -0.1) is 0 Å². The molecule has 2 heterocycles. The van der Waals surface area contributed by atoms with Gasteiger partial charge in [0.2, 0.25) is 0 Å². The lowest BCUT2D eigenvalue weighted by molar-refractivity contribution is 0.122.